The predicted molar refractivity (Wildman–Crippen MR) is 93.5 cm³/mol. The van der Waals surface area contributed by atoms with Crippen molar-refractivity contribution in [2.45, 2.75) is 26.3 Å². The summed E-state index contributed by atoms with van der Waals surface area (Å²) in [5.41, 5.74) is 2.96. The number of halogens is 1. The second-order valence-corrected chi connectivity index (χ2v) is 5.53. The molecule has 2 aromatic rings. The zero-order valence-electron chi connectivity index (χ0n) is 12.9. The number of amides is 1. The summed E-state index contributed by atoms with van der Waals surface area (Å²) in [7, 11) is 0. The minimum Gasteiger partial charge on any atom is -0.379 e. The highest BCUT2D eigenvalue weighted by molar-refractivity contribution is 6.33. The molecule has 0 aliphatic rings. The van der Waals surface area contributed by atoms with Crippen molar-refractivity contribution in [1.29, 1.82) is 5.26 Å². The van der Waals surface area contributed by atoms with Crippen molar-refractivity contribution in [3.63, 3.8) is 0 Å². The van der Waals surface area contributed by atoms with Crippen molar-refractivity contribution in [1.82, 2.24) is 0 Å². The molecule has 2 rings (SSSR count). The molecule has 4 nitrogen and oxygen atoms in total. The number of anilines is 2. The average Bonchev–Trinajstić information content (AvgIpc) is 2.55. The SMILES string of the molecule is CCCC(=O)Nc1ccc(CNc2c(Cl)cccc2C#N)cc1. The van der Waals surface area contributed by atoms with Crippen LogP contribution in [-0.2, 0) is 11.3 Å². The van der Waals surface area contributed by atoms with Gasteiger partial charge in [0.05, 0.1) is 16.3 Å². The Kier molecular flexibility index (Phi) is 6.02. The van der Waals surface area contributed by atoms with Gasteiger partial charge in [-0.1, -0.05) is 36.7 Å². The van der Waals surface area contributed by atoms with E-state index in [2.05, 4.69) is 16.7 Å². The molecule has 0 heterocycles. The van der Waals surface area contributed by atoms with Gasteiger partial charge in [-0.25, -0.2) is 0 Å². The first-order valence-corrected chi connectivity index (χ1v) is 7.83. The third kappa shape index (κ3) is 4.73. The van der Waals surface area contributed by atoms with Crippen molar-refractivity contribution in [3.8, 4) is 6.07 Å². The van der Waals surface area contributed by atoms with Crippen LogP contribution in [-0.4, -0.2) is 5.91 Å². The van der Waals surface area contributed by atoms with E-state index in [4.69, 9.17) is 16.9 Å². The molecule has 0 unspecified atom stereocenters. The van der Waals surface area contributed by atoms with Crippen LogP contribution in [0.2, 0.25) is 5.02 Å². The molecular weight excluding hydrogens is 310 g/mol. The van der Waals surface area contributed by atoms with Crippen LogP contribution in [0.15, 0.2) is 42.5 Å². The Morgan fingerprint density at radius 1 is 1.22 bits per heavy atom. The molecule has 0 aliphatic carbocycles. The second kappa shape index (κ2) is 8.21. The van der Waals surface area contributed by atoms with Crippen LogP contribution in [0.5, 0.6) is 0 Å². The third-order valence-electron chi connectivity index (χ3n) is 3.32. The first-order chi connectivity index (χ1) is 11.1. The summed E-state index contributed by atoms with van der Waals surface area (Å²) < 4.78 is 0. The van der Waals surface area contributed by atoms with E-state index in [1.54, 1.807) is 18.2 Å². The molecule has 2 N–H and O–H groups in total. The highest BCUT2D eigenvalue weighted by Crippen LogP contribution is 2.26. The van der Waals surface area contributed by atoms with Gasteiger partial charge in [0.2, 0.25) is 5.91 Å². The first kappa shape index (κ1) is 16.9. The Hall–Kier alpha value is -2.51. The maximum absolute atomic E-state index is 11.5. The molecule has 0 saturated heterocycles. The Morgan fingerprint density at radius 2 is 1.96 bits per heavy atom. The minimum atomic E-state index is 0.0214. The van der Waals surface area contributed by atoms with Gasteiger partial charge in [-0.2, -0.15) is 5.26 Å². The lowest BCUT2D eigenvalue weighted by molar-refractivity contribution is -0.116. The third-order valence-corrected chi connectivity index (χ3v) is 3.63. The fourth-order valence-corrected chi connectivity index (χ4v) is 2.39. The van der Waals surface area contributed by atoms with E-state index < -0.39 is 0 Å². The molecule has 0 fully saturated rings. The van der Waals surface area contributed by atoms with Gasteiger partial charge in [0, 0.05) is 18.7 Å². The van der Waals surface area contributed by atoms with Gasteiger partial charge < -0.3 is 10.6 Å². The number of para-hydroxylation sites is 1. The van der Waals surface area contributed by atoms with Gasteiger partial charge in [-0.05, 0) is 36.2 Å². The topological polar surface area (TPSA) is 64.9 Å². The van der Waals surface area contributed by atoms with Crippen LogP contribution in [0.25, 0.3) is 0 Å². The normalized spacial score (nSPS) is 9.96. The lowest BCUT2D eigenvalue weighted by Gasteiger charge is -2.11. The molecular formula is C18H18ClN3O. The van der Waals surface area contributed by atoms with Crippen molar-refractivity contribution < 1.29 is 4.79 Å². The van der Waals surface area contributed by atoms with Gasteiger partial charge in [-0.15, -0.1) is 0 Å². The number of benzene rings is 2. The lowest BCUT2D eigenvalue weighted by atomic mass is 10.1. The quantitative estimate of drug-likeness (QED) is 0.817. The van der Waals surface area contributed by atoms with Crippen molar-refractivity contribution in [2.75, 3.05) is 10.6 Å². The summed E-state index contributed by atoms with van der Waals surface area (Å²) in [5, 5.41) is 15.7. The van der Waals surface area contributed by atoms with Crippen LogP contribution >= 0.6 is 11.6 Å². The molecule has 0 radical (unpaired) electrons. The number of rotatable bonds is 6. The van der Waals surface area contributed by atoms with Gasteiger partial charge in [0.25, 0.3) is 0 Å². The van der Waals surface area contributed by atoms with Gasteiger partial charge in [-0.3, -0.25) is 4.79 Å². The van der Waals surface area contributed by atoms with Crippen LogP contribution in [0.1, 0.15) is 30.9 Å². The Morgan fingerprint density at radius 3 is 2.61 bits per heavy atom. The molecule has 0 spiro atoms. The molecule has 118 valence electrons. The van der Waals surface area contributed by atoms with E-state index in [0.29, 0.717) is 29.2 Å². The van der Waals surface area contributed by atoms with E-state index >= 15 is 0 Å². The zero-order chi connectivity index (χ0) is 16.7. The largest absolute Gasteiger partial charge is 0.379 e. The number of nitriles is 1. The van der Waals surface area contributed by atoms with E-state index in [1.165, 1.54) is 0 Å². The van der Waals surface area contributed by atoms with Gasteiger partial charge in [0.1, 0.15) is 6.07 Å². The molecule has 5 heteroatoms. The molecule has 2 aromatic carbocycles. The van der Waals surface area contributed by atoms with Crippen molar-refractivity contribution in [2.24, 2.45) is 0 Å². The number of carbonyl (C=O) groups is 1. The van der Waals surface area contributed by atoms with Crippen molar-refractivity contribution >= 4 is 28.9 Å². The lowest BCUT2D eigenvalue weighted by Crippen LogP contribution is -2.10. The molecule has 0 atom stereocenters. The summed E-state index contributed by atoms with van der Waals surface area (Å²) in [6.45, 7) is 2.51. The maximum Gasteiger partial charge on any atom is 0.224 e. The molecule has 23 heavy (non-hydrogen) atoms. The van der Waals surface area contributed by atoms with Gasteiger partial charge in [0.15, 0.2) is 0 Å². The number of carbonyl (C=O) groups excluding carboxylic acids is 1. The molecule has 0 aliphatic heterocycles. The fraction of sp³-hybridized carbons (Fsp3) is 0.222. The standard InChI is InChI=1S/C18H18ClN3O/c1-2-4-17(23)22-15-9-7-13(8-10-15)12-21-18-14(11-20)5-3-6-16(18)19/h3,5-10,21H,2,4,12H2,1H3,(H,22,23). The first-order valence-electron chi connectivity index (χ1n) is 7.45. The van der Waals surface area contributed by atoms with E-state index in [0.717, 1.165) is 17.7 Å². The molecule has 0 bridgehead atoms. The van der Waals surface area contributed by atoms with Gasteiger partial charge >= 0.3 is 0 Å². The Balaban J connectivity index is 2.00. The highest BCUT2D eigenvalue weighted by atomic mass is 35.5. The average molecular weight is 328 g/mol. The maximum atomic E-state index is 11.5. The molecule has 0 aromatic heterocycles. The van der Waals surface area contributed by atoms with Crippen LogP contribution < -0.4 is 10.6 Å². The number of hydrogen-bond donors (Lipinski definition) is 2. The number of nitrogens with one attached hydrogen (secondary N) is 2. The second-order valence-electron chi connectivity index (χ2n) is 5.12. The predicted octanol–water partition coefficient (Wildman–Crippen LogP) is 4.56. The Bertz CT molecular complexity index is 720. The fourth-order valence-electron chi connectivity index (χ4n) is 2.14. The number of hydrogen-bond acceptors (Lipinski definition) is 3. The van der Waals surface area contributed by atoms with Crippen LogP contribution in [0.4, 0.5) is 11.4 Å². The van der Waals surface area contributed by atoms with Crippen LogP contribution in [0.3, 0.4) is 0 Å². The van der Waals surface area contributed by atoms with E-state index in [1.807, 2.05) is 31.2 Å². The molecule has 1 amide bonds. The summed E-state index contributed by atoms with van der Waals surface area (Å²) in [6.07, 6.45) is 1.35. The monoisotopic (exact) mass is 327 g/mol. The zero-order valence-corrected chi connectivity index (χ0v) is 13.7. The van der Waals surface area contributed by atoms with Crippen LogP contribution in [0, 0.1) is 11.3 Å². The molecule has 0 saturated carbocycles. The van der Waals surface area contributed by atoms with Crippen molar-refractivity contribution in [3.05, 3.63) is 58.6 Å². The highest BCUT2D eigenvalue weighted by Gasteiger charge is 2.06. The van der Waals surface area contributed by atoms with E-state index in [9.17, 15) is 4.79 Å². The summed E-state index contributed by atoms with van der Waals surface area (Å²) in [5.74, 6) is 0.0214. The summed E-state index contributed by atoms with van der Waals surface area (Å²) in [4.78, 5) is 11.5. The number of nitrogens with zero attached hydrogens (tertiary/aromatic N) is 1. The smallest absolute Gasteiger partial charge is 0.224 e. The Labute approximate surface area is 141 Å². The minimum absolute atomic E-state index is 0.0214. The summed E-state index contributed by atoms with van der Waals surface area (Å²) >= 11 is 6.13. The van der Waals surface area contributed by atoms with E-state index in [-0.39, 0.29) is 5.91 Å². The summed E-state index contributed by atoms with van der Waals surface area (Å²) in [6, 6.07) is 14.9.